The van der Waals surface area contributed by atoms with Gasteiger partial charge in [0.15, 0.2) is 0 Å². The first kappa shape index (κ1) is 15.5. The Hall–Kier alpha value is -1.89. The molecule has 1 fully saturated rings. The highest BCUT2D eigenvalue weighted by atomic mass is 79.9. The van der Waals surface area contributed by atoms with E-state index in [1.165, 1.54) is 0 Å². The second-order valence-electron chi connectivity index (χ2n) is 4.92. The molecule has 1 aromatic carbocycles. The van der Waals surface area contributed by atoms with Crippen molar-refractivity contribution >= 4 is 33.7 Å². The number of hydrogen-bond donors (Lipinski definition) is 3. The van der Waals surface area contributed by atoms with E-state index in [2.05, 4.69) is 26.6 Å². The van der Waals surface area contributed by atoms with E-state index in [0.717, 1.165) is 10.0 Å². The summed E-state index contributed by atoms with van der Waals surface area (Å²) in [6.07, 6.45) is 1.05. The molecule has 0 bridgehead atoms. The summed E-state index contributed by atoms with van der Waals surface area (Å²) < 4.78 is 0.847. The fourth-order valence-corrected chi connectivity index (χ4v) is 2.64. The van der Waals surface area contributed by atoms with E-state index in [1.54, 1.807) is 0 Å². The van der Waals surface area contributed by atoms with Crippen molar-refractivity contribution in [3.63, 3.8) is 0 Å². The van der Waals surface area contributed by atoms with Crippen molar-refractivity contribution in [1.82, 2.24) is 10.6 Å². The van der Waals surface area contributed by atoms with Crippen molar-refractivity contribution in [2.45, 2.75) is 31.3 Å². The van der Waals surface area contributed by atoms with Crippen LogP contribution < -0.4 is 16.4 Å². The van der Waals surface area contributed by atoms with Gasteiger partial charge in [0, 0.05) is 17.3 Å². The molecule has 6 nitrogen and oxygen atoms in total. The first-order chi connectivity index (χ1) is 9.97. The first-order valence-corrected chi connectivity index (χ1v) is 7.39. The van der Waals surface area contributed by atoms with Gasteiger partial charge >= 0.3 is 0 Å². The zero-order valence-electron chi connectivity index (χ0n) is 11.3. The van der Waals surface area contributed by atoms with Crippen LogP contribution in [0.4, 0.5) is 0 Å². The van der Waals surface area contributed by atoms with Gasteiger partial charge in [-0.25, -0.2) is 0 Å². The van der Waals surface area contributed by atoms with Crippen molar-refractivity contribution in [1.29, 1.82) is 0 Å². The van der Waals surface area contributed by atoms with Crippen molar-refractivity contribution in [3.05, 3.63) is 34.3 Å². The van der Waals surface area contributed by atoms with Gasteiger partial charge in [0.1, 0.15) is 12.1 Å². The zero-order valence-corrected chi connectivity index (χ0v) is 12.9. The number of benzene rings is 1. The average Bonchev–Trinajstić information content (AvgIpc) is 2.87. The van der Waals surface area contributed by atoms with Crippen LogP contribution in [0, 0.1) is 0 Å². The van der Waals surface area contributed by atoms with Crippen LogP contribution in [0.5, 0.6) is 0 Å². The molecule has 0 unspecified atom stereocenters. The number of nitrogens with two attached hydrogens (primary N) is 1. The number of hydrogen-bond acceptors (Lipinski definition) is 3. The molecule has 7 heteroatoms. The summed E-state index contributed by atoms with van der Waals surface area (Å²) in [5.41, 5.74) is 6.22. The summed E-state index contributed by atoms with van der Waals surface area (Å²) in [7, 11) is 0. The van der Waals surface area contributed by atoms with Gasteiger partial charge in [-0.05, 0) is 18.1 Å². The molecule has 1 aliphatic heterocycles. The Morgan fingerprint density at radius 3 is 2.71 bits per heavy atom. The Kier molecular flexibility index (Phi) is 4.95. The molecule has 0 aliphatic carbocycles. The third-order valence-electron chi connectivity index (χ3n) is 3.35. The number of amides is 3. The van der Waals surface area contributed by atoms with E-state index >= 15 is 0 Å². The molecular formula is C14H16BrN3O3. The maximum atomic E-state index is 12.0. The second kappa shape index (κ2) is 6.71. The normalized spacial score (nSPS) is 18.9. The highest BCUT2D eigenvalue weighted by Crippen LogP contribution is 2.17. The highest BCUT2D eigenvalue weighted by Gasteiger charge is 2.30. The molecule has 1 aliphatic rings. The Morgan fingerprint density at radius 1 is 1.43 bits per heavy atom. The van der Waals surface area contributed by atoms with Gasteiger partial charge in [-0.3, -0.25) is 14.4 Å². The summed E-state index contributed by atoms with van der Waals surface area (Å²) in [4.78, 5) is 34.7. The van der Waals surface area contributed by atoms with Gasteiger partial charge in [-0.15, -0.1) is 0 Å². The lowest BCUT2D eigenvalue weighted by Gasteiger charge is -2.18. The fraction of sp³-hybridized carbons (Fsp3) is 0.357. The van der Waals surface area contributed by atoms with E-state index in [1.807, 2.05) is 24.3 Å². The predicted molar refractivity (Wildman–Crippen MR) is 80.1 cm³/mol. The van der Waals surface area contributed by atoms with Gasteiger partial charge < -0.3 is 16.4 Å². The Balaban J connectivity index is 2.03. The molecule has 1 aromatic rings. The number of carbonyl (C=O) groups excluding carboxylic acids is 3. The quantitative estimate of drug-likeness (QED) is 0.706. The predicted octanol–water partition coefficient (Wildman–Crippen LogP) is 0.240. The minimum absolute atomic E-state index is 0.156. The topological polar surface area (TPSA) is 101 Å². The van der Waals surface area contributed by atoms with Crippen LogP contribution in [0.2, 0.25) is 0 Å². The molecule has 3 amide bonds. The summed E-state index contributed by atoms with van der Waals surface area (Å²) in [6, 6.07) is 6.01. The molecule has 0 aromatic heterocycles. The summed E-state index contributed by atoms with van der Waals surface area (Å²) in [5, 5.41) is 5.17. The van der Waals surface area contributed by atoms with E-state index in [-0.39, 0.29) is 11.8 Å². The summed E-state index contributed by atoms with van der Waals surface area (Å²) in [6.45, 7) is 0. The molecule has 0 spiro atoms. The van der Waals surface area contributed by atoms with Crippen LogP contribution in [-0.2, 0) is 20.8 Å². The summed E-state index contributed by atoms with van der Waals surface area (Å²) >= 11 is 3.39. The molecular weight excluding hydrogens is 338 g/mol. The Morgan fingerprint density at radius 2 is 2.14 bits per heavy atom. The van der Waals surface area contributed by atoms with Gasteiger partial charge in [-0.2, -0.15) is 0 Å². The minimum Gasteiger partial charge on any atom is -0.368 e. The molecule has 2 rings (SSSR count). The van der Waals surface area contributed by atoms with E-state index in [0.29, 0.717) is 19.3 Å². The lowest BCUT2D eigenvalue weighted by molar-refractivity contribution is -0.129. The SMILES string of the molecule is NC(=O)[C@@H](Cc1ccccc1Br)NC(=O)[C@H]1CCC(=O)N1. The lowest BCUT2D eigenvalue weighted by atomic mass is 10.0. The van der Waals surface area contributed by atoms with Crippen LogP contribution in [-0.4, -0.2) is 29.8 Å². The van der Waals surface area contributed by atoms with E-state index in [4.69, 9.17) is 5.73 Å². The average molecular weight is 354 g/mol. The number of nitrogens with one attached hydrogen (secondary N) is 2. The molecule has 0 radical (unpaired) electrons. The molecule has 4 N–H and O–H groups in total. The van der Waals surface area contributed by atoms with Gasteiger partial charge in [-0.1, -0.05) is 34.1 Å². The van der Waals surface area contributed by atoms with Gasteiger partial charge in [0.05, 0.1) is 0 Å². The van der Waals surface area contributed by atoms with Crippen LogP contribution in [0.1, 0.15) is 18.4 Å². The van der Waals surface area contributed by atoms with E-state index in [9.17, 15) is 14.4 Å². The number of primary amides is 1. The molecule has 2 atom stereocenters. The van der Waals surface area contributed by atoms with Crippen molar-refractivity contribution in [3.8, 4) is 0 Å². The largest absolute Gasteiger partial charge is 0.368 e. The van der Waals surface area contributed by atoms with Crippen LogP contribution >= 0.6 is 15.9 Å². The van der Waals surface area contributed by atoms with Gasteiger partial charge in [0.25, 0.3) is 0 Å². The monoisotopic (exact) mass is 353 g/mol. The Labute approximate surface area is 130 Å². The van der Waals surface area contributed by atoms with Crippen molar-refractivity contribution < 1.29 is 14.4 Å². The second-order valence-corrected chi connectivity index (χ2v) is 5.77. The third-order valence-corrected chi connectivity index (χ3v) is 4.13. The van der Waals surface area contributed by atoms with Crippen LogP contribution in [0.15, 0.2) is 28.7 Å². The van der Waals surface area contributed by atoms with Crippen LogP contribution in [0.3, 0.4) is 0 Å². The number of halogens is 1. The highest BCUT2D eigenvalue weighted by molar-refractivity contribution is 9.10. The van der Waals surface area contributed by atoms with Crippen molar-refractivity contribution in [2.24, 2.45) is 5.73 Å². The zero-order chi connectivity index (χ0) is 15.4. The van der Waals surface area contributed by atoms with E-state index < -0.39 is 18.0 Å². The third kappa shape index (κ3) is 4.04. The van der Waals surface area contributed by atoms with Crippen molar-refractivity contribution in [2.75, 3.05) is 0 Å². The smallest absolute Gasteiger partial charge is 0.243 e. The Bertz CT molecular complexity index is 576. The molecule has 112 valence electrons. The van der Waals surface area contributed by atoms with Crippen LogP contribution in [0.25, 0.3) is 0 Å². The number of rotatable bonds is 5. The fourth-order valence-electron chi connectivity index (χ4n) is 2.19. The van der Waals surface area contributed by atoms with Gasteiger partial charge in [0.2, 0.25) is 17.7 Å². The molecule has 1 saturated heterocycles. The standard InChI is InChI=1S/C14H16BrN3O3/c15-9-4-2-1-3-8(9)7-11(13(16)20)18-14(21)10-5-6-12(19)17-10/h1-4,10-11H,5-7H2,(H2,16,20)(H,17,19)(H,18,21)/t10-,11-/m1/s1. The minimum atomic E-state index is -0.811. The maximum Gasteiger partial charge on any atom is 0.243 e. The molecule has 0 saturated carbocycles. The molecule has 21 heavy (non-hydrogen) atoms. The summed E-state index contributed by atoms with van der Waals surface area (Å²) in [5.74, 6) is -1.14. The first-order valence-electron chi connectivity index (χ1n) is 6.60. The maximum absolute atomic E-state index is 12.0. The molecule has 1 heterocycles. The lowest BCUT2D eigenvalue weighted by Crippen LogP contribution is -2.51. The number of carbonyl (C=O) groups is 3.